The fourth-order valence-electron chi connectivity index (χ4n) is 3.68. The highest BCUT2D eigenvalue weighted by Gasteiger charge is 2.33. The van der Waals surface area contributed by atoms with Gasteiger partial charge in [-0.15, -0.1) is 11.3 Å². The summed E-state index contributed by atoms with van der Waals surface area (Å²) < 4.78 is 15.0. The molecule has 28 heavy (non-hydrogen) atoms. The Morgan fingerprint density at radius 3 is 2.86 bits per heavy atom. The Balaban J connectivity index is 1.37. The van der Waals surface area contributed by atoms with E-state index in [4.69, 9.17) is 9.47 Å². The molecule has 1 atom stereocenters. The van der Waals surface area contributed by atoms with Crippen molar-refractivity contribution in [2.45, 2.75) is 24.9 Å². The average Bonchev–Trinajstić information content (AvgIpc) is 3.14. The van der Waals surface area contributed by atoms with E-state index < -0.39 is 6.10 Å². The standard InChI is InChI=1S/C20H18N4O3S/c25-19(18-20(12-1-2-12)28-17-9-21-11-23(17)18)13-8-22-24(10-13)14-3-4-15-16(7-14)27-6-5-26-15/h3-4,7-12,19,25H,1-2,5-6H2. The Kier molecular flexibility index (Phi) is 3.51. The van der Waals surface area contributed by atoms with E-state index in [1.807, 2.05) is 35.0 Å². The molecule has 8 heteroatoms. The summed E-state index contributed by atoms with van der Waals surface area (Å²) in [7, 11) is 0. The lowest BCUT2D eigenvalue weighted by Crippen LogP contribution is -2.15. The van der Waals surface area contributed by atoms with Crippen LogP contribution in [-0.2, 0) is 0 Å². The molecule has 3 aromatic heterocycles. The number of hydrogen-bond donors (Lipinski definition) is 1. The number of rotatable bonds is 4. The van der Waals surface area contributed by atoms with Gasteiger partial charge in [0.2, 0.25) is 0 Å². The lowest BCUT2D eigenvalue weighted by atomic mass is 10.1. The van der Waals surface area contributed by atoms with Crippen LogP contribution in [0.4, 0.5) is 0 Å². The number of aliphatic hydroxyl groups is 1. The van der Waals surface area contributed by atoms with Crippen LogP contribution in [0.1, 0.15) is 41.0 Å². The maximum absolute atomic E-state index is 11.2. The first-order chi connectivity index (χ1) is 13.8. The molecule has 2 aliphatic rings. The molecule has 1 N–H and O–H groups in total. The van der Waals surface area contributed by atoms with Gasteiger partial charge in [-0.2, -0.15) is 5.10 Å². The van der Waals surface area contributed by atoms with Gasteiger partial charge in [0.25, 0.3) is 0 Å². The minimum absolute atomic E-state index is 0.544. The van der Waals surface area contributed by atoms with Gasteiger partial charge in [-0.1, -0.05) is 0 Å². The number of aliphatic hydroxyl groups excluding tert-OH is 1. The molecule has 0 amide bonds. The molecule has 4 heterocycles. The van der Waals surface area contributed by atoms with Gasteiger partial charge in [-0.3, -0.25) is 4.40 Å². The van der Waals surface area contributed by atoms with E-state index in [0.29, 0.717) is 19.1 Å². The van der Waals surface area contributed by atoms with Crippen LogP contribution >= 0.6 is 11.3 Å². The third kappa shape index (κ3) is 2.52. The van der Waals surface area contributed by atoms with Crippen LogP contribution in [-0.4, -0.2) is 37.5 Å². The van der Waals surface area contributed by atoms with Gasteiger partial charge in [-0.05, 0) is 30.9 Å². The lowest BCUT2D eigenvalue weighted by Gasteiger charge is -2.18. The SMILES string of the molecule is OC(c1cnn(-c2ccc3c(c2)OCCO3)c1)c1c(C2CC2)sc2cncn12. The monoisotopic (exact) mass is 394 g/mol. The Labute approximate surface area is 164 Å². The number of nitrogens with zero attached hydrogens (tertiary/aromatic N) is 4. The summed E-state index contributed by atoms with van der Waals surface area (Å²) in [4.78, 5) is 6.55. The molecule has 1 saturated carbocycles. The average molecular weight is 394 g/mol. The molecule has 6 rings (SSSR count). The fraction of sp³-hybridized carbons (Fsp3) is 0.300. The molecule has 0 radical (unpaired) electrons. The van der Waals surface area contributed by atoms with E-state index in [0.717, 1.165) is 33.3 Å². The molecular weight excluding hydrogens is 376 g/mol. The zero-order valence-corrected chi connectivity index (χ0v) is 15.8. The van der Waals surface area contributed by atoms with Gasteiger partial charge in [-0.25, -0.2) is 9.67 Å². The zero-order chi connectivity index (χ0) is 18.7. The van der Waals surface area contributed by atoms with Crippen molar-refractivity contribution in [1.29, 1.82) is 0 Å². The highest BCUT2D eigenvalue weighted by atomic mass is 32.1. The third-order valence-corrected chi connectivity index (χ3v) is 6.52. The van der Waals surface area contributed by atoms with Gasteiger partial charge >= 0.3 is 0 Å². The van der Waals surface area contributed by atoms with Gasteiger partial charge in [0, 0.05) is 22.7 Å². The number of benzene rings is 1. The largest absolute Gasteiger partial charge is 0.486 e. The van der Waals surface area contributed by atoms with E-state index in [9.17, 15) is 5.11 Å². The van der Waals surface area contributed by atoms with Gasteiger partial charge in [0.15, 0.2) is 11.5 Å². The second-order valence-corrected chi connectivity index (χ2v) is 8.24. The summed E-state index contributed by atoms with van der Waals surface area (Å²) in [6.45, 7) is 1.11. The van der Waals surface area contributed by atoms with Gasteiger partial charge in [0.1, 0.15) is 30.5 Å². The maximum Gasteiger partial charge on any atom is 0.163 e. The molecule has 142 valence electrons. The zero-order valence-electron chi connectivity index (χ0n) is 15.0. The van der Waals surface area contributed by atoms with Crippen molar-refractivity contribution in [2.24, 2.45) is 0 Å². The Morgan fingerprint density at radius 2 is 2.00 bits per heavy atom. The minimum Gasteiger partial charge on any atom is -0.486 e. The summed E-state index contributed by atoms with van der Waals surface area (Å²) in [6.07, 6.45) is 8.85. The van der Waals surface area contributed by atoms with Crippen LogP contribution in [0.3, 0.4) is 0 Å². The van der Waals surface area contributed by atoms with E-state index in [2.05, 4.69) is 10.1 Å². The van der Waals surface area contributed by atoms with Gasteiger partial charge in [0.05, 0.1) is 23.8 Å². The summed E-state index contributed by atoms with van der Waals surface area (Å²) >= 11 is 1.73. The molecule has 1 aliphatic heterocycles. The molecule has 4 aromatic rings. The van der Waals surface area contributed by atoms with Crippen molar-refractivity contribution in [3.8, 4) is 17.2 Å². The Hall–Kier alpha value is -2.84. The van der Waals surface area contributed by atoms with Crippen molar-refractivity contribution in [1.82, 2.24) is 19.2 Å². The molecule has 0 saturated heterocycles. The third-order valence-electron chi connectivity index (χ3n) is 5.25. The highest BCUT2D eigenvalue weighted by Crippen LogP contribution is 2.47. The number of ether oxygens (including phenoxy) is 2. The number of imidazole rings is 1. The molecule has 1 fully saturated rings. The molecule has 7 nitrogen and oxygen atoms in total. The lowest BCUT2D eigenvalue weighted by molar-refractivity contribution is 0.171. The predicted octanol–water partition coefficient (Wildman–Crippen LogP) is 3.31. The van der Waals surface area contributed by atoms with Crippen molar-refractivity contribution in [2.75, 3.05) is 13.2 Å². The molecule has 1 aliphatic carbocycles. The first-order valence-corrected chi connectivity index (χ1v) is 10.2. The van der Waals surface area contributed by atoms with E-state index in [1.54, 1.807) is 28.5 Å². The topological polar surface area (TPSA) is 73.8 Å². The van der Waals surface area contributed by atoms with Crippen LogP contribution in [0.2, 0.25) is 0 Å². The van der Waals surface area contributed by atoms with Crippen molar-refractivity contribution in [3.05, 3.63) is 59.3 Å². The highest BCUT2D eigenvalue weighted by molar-refractivity contribution is 7.17. The second kappa shape index (κ2) is 6.08. The predicted molar refractivity (Wildman–Crippen MR) is 104 cm³/mol. The molecule has 0 spiro atoms. The number of aromatic nitrogens is 4. The van der Waals surface area contributed by atoms with Crippen LogP contribution < -0.4 is 9.47 Å². The maximum atomic E-state index is 11.2. The van der Waals surface area contributed by atoms with E-state index >= 15 is 0 Å². The van der Waals surface area contributed by atoms with E-state index in [1.165, 1.54) is 17.7 Å². The molecule has 1 aromatic carbocycles. The number of hydrogen-bond acceptors (Lipinski definition) is 6. The van der Waals surface area contributed by atoms with Crippen LogP contribution in [0, 0.1) is 0 Å². The van der Waals surface area contributed by atoms with Crippen LogP contribution in [0.25, 0.3) is 10.5 Å². The first-order valence-electron chi connectivity index (χ1n) is 9.35. The summed E-state index contributed by atoms with van der Waals surface area (Å²) in [5.74, 6) is 2.02. The summed E-state index contributed by atoms with van der Waals surface area (Å²) in [5.41, 5.74) is 2.54. The van der Waals surface area contributed by atoms with E-state index in [-0.39, 0.29) is 0 Å². The quantitative estimate of drug-likeness (QED) is 0.575. The summed E-state index contributed by atoms with van der Waals surface area (Å²) in [5, 5.41) is 15.6. The Morgan fingerprint density at radius 1 is 1.14 bits per heavy atom. The Bertz CT molecular complexity index is 1170. The normalized spacial score (nSPS) is 17.2. The smallest absolute Gasteiger partial charge is 0.163 e. The fourth-order valence-corrected chi connectivity index (χ4v) is 4.98. The molecule has 1 unspecified atom stereocenters. The van der Waals surface area contributed by atoms with Gasteiger partial charge < -0.3 is 14.6 Å². The number of thiazole rings is 1. The summed E-state index contributed by atoms with van der Waals surface area (Å²) in [6, 6.07) is 5.73. The molecular formula is C20H18N4O3S. The minimum atomic E-state index is -0.746. The van der Waals surface area contributed by atoms with Crippen LogP contribution in [0.5, 0.6) is 11.5 Å². The first kappa shape index (κ1) is 16.1. The number of fused-ring (bicyclic) bond motifs is 2. The second-order valence-electron chi connectivity index (χ2n) is 7.18. The van der Waals surface area contributed by atoms with Crippen molar-refractivity contribution < 1.29 is 14.6 Å². The van der Waals surface area contributed by atoms with Crippen LogP contribution in [0.15, 0.2) is 43.1 Å². The molecule has 0 bridgehead atoms. The van der Waals surface area contributed by atoms with Crippen molar-refractivity contribution >= 4 is 16.2 Å². The van der Waals surface area contributed by atoms with Crippen molar-refractivity contribution in [3.63, 3.8) is 0 Å².